The quantitative estimate of drug-likeness (QED) is 0.450. The number of ether oxygens (including phenoxy) is 1. The SMILES string of the molecule is CCCCCCOC(=O)c1ccc(NC(=O)c2ccc(C(C)C)cc2)cc1. The van der Waals surface area contributed by atoms with Crippen molar-refractivity contribution >= 4 is 17.6 Å². The molecular formula is C23H29NO3. The largest absolute Gasteiger partial charge is 0.462 e. The van der Waals surface area contributed by atoms with Crippen molar-refractivity contribution in [3.63, 3.8) is 0 Å². The van der Waals surface area contributed by atoms with Crippen LogP contribution >= 0.6 is 0 Å². The summed E-state index contributed by atoms with van der Waals surface area (Å²) in [5, 5.41) is 2.85. The summed E-state index contributed by atoms with van der Waals surface area (Å²) >= 11 is 0. The lowest BCUT2D eigenvalue weighted by Gasteiger charge is -2.09. The zero-order valence-electron chi connectivity index (χ0n) is 16.5. The molecule has 0 aliphatic heterocycles. The molecule has 1 amide bonds. The van der Waals surface area contributed by atoms with Crippen molar-refractivity contribution in [2.75, 3.05) is 11.9 Å². The highest BCUT2D eigenvalue weighted by Crippen LogP contribution is 2.16. The third-order valence-corrected chi connectivity index (χ3v) is 4.45. The maximum atomic E-state index is 12.3. The van der Waals surface area contributed by atoms with Gasteiger partial charge in [-0.15, -0.1) is 0 Å². The summed E-state index contributed by atoms with van der Waals surface area (Å²) in [5.41, 5.74) is 2.94. The Labute approximate surface area is 161 Å². The molecule has 0 atom stereocenters. The van der Waals surface area contributed by atoms with E-state index in [1.54, 1.807) is 24.3 Å². The molecular weight excluding hydrogens is 338 g/mol. The number of nitrogens with one attached hydrogen (secondary N) is 1. The standard InChI is InChI=1S/C23H29NO3/c1-4-5-6-7-16-27-23(26)20-12-14-21(15-13-20)24-22(25)19-10-8-18(9-11-19)17(2)3/h8-15,17H,4-7,16H2,1-3H3,(H,24,25). The van der Waals surface area contributed by atoms with E-state index in [9.17, 15) is 9.59 Å². The minimum absolute atomic E-state index is 0.170. The van der Waals surface area contributed by atoms with Gasteiger partial charge in [-0.1, -0.05) is 52.2 Å². The Morgan fingerprint density at radius 3 is 2.11 bits per heavy atom. The molecule has 0 fully saturated rings. The van der Waals surface area contributed by atoms with E-state index in [-0.39, 0.29) is 11.9 Å². The number of rotatable bonds is 9. The van der Waals surface area contributed by atoms with Gasteiger partial charge in [0.2, 0.25) is 0 Å². The maximum Gasteiger partial charge on any atom is 0.338 e. The third kappa shape index (κ3) is 6.55. The van der Waals surface area contributed by atoms with E-state index in [4.69, 9.17) is 4.74 Å². The normalized spacial score (nSPS) is 10.7. The van der Waals surface area contributed by atoms with E-state index in [0.29, 0.717) is 29.3 Å². The van der Waals surface area contributed by atoms with Crippen LogP contribution in [0.5, 0.6) is 0 Å². The van der Waals surface area contributed by atoms with Crippen LogP contribution in [0.15, 0.2) is 48.5 Å². The fourth-order valence-corrected chi connectivity index (χ4v) is 2.69. The molecule has 2 rings (SSSR count). The molecule has 0 radical (unpaired) electrons. The van der Waals surface area contributed by atoms with Crippen molar-refractivity contribution in [1.82, 2.24) is 0 Å². The van der Waals surface area contributed by atoms with Gasteiger partial charge in [0.05, 0.1) is 12.2 Å². The second-order valence-electron chi connectivity index (χ2n) is 7.00. The second-order valence-corrected chi connectivity index (χ2v) is 7.00. The first kappa shape index (κ1) is 20.7. The zero-order chi connectivity index (χ0) is 19.6. The minimum atomic E-state index is -0.325. The summed E-state index contributed by atoms with van der Waals surface area (Å²) in [6, 6.07) is 14.4. The molecule has 144 valence electrons. The Morgan fingerprint density at radius 1 is 0.889 bits per heavy atom. The Kier molecular flexibility index (Phi) is 8.05. The van der Waals surface area contributed by atoms with Crippen molar-refractivity contribution in [3.05, 3.63) is 65.2 Å². The van der Waals surface area contributed by atoms with Gasteiger partial charge in [-0.25, -0.2) is 4.79 Å². The van der Waals surface area contributed by atoms with Crippen molar-refractivity contribution in [1.29, 1.82) is 0 Å². The highest BCUT2D eigenvalue weighted by atomic mass is 16.5. The number of esters is 1. The first-order valence-electron chi connectivity index (χ1n) is 9.69. The summed E-state index contributed by atoms with van der Waals surface area (Å²) in [7, 11) is 0. The third-order valence-electron chi connectivity index (χ3n) is 4.45. The molecule has 0 bridgehead atoms. The summed E-state index contributed by atoms with van der Waals surface area (Å²) in [6.07, 6.45) is 4.28. The van der Waals surface area contributed by atoms with Gasteiger partial charge >= 0.3 is 5.97 Å². The molecule has 0 saturated heterocycles. The van der Waals surface area contributed by atoms with Crippen LogP contribution < -0.4 is 5.32 Å². The lowest BCUT2D eigenvalue weighted by molar-refractivity contribution is 0.0498. The predicted molar refractivity (Wildman–Crippen MR) is 109 cm³/mol. The number of amides is 1. The predicted octanol–water partition coefficient (Wildman–Crippen LogP) is 5.80. The van der Waals surface area contributed by atoms with Gasteiger partial charge in [0, 0.05) is 11.3 Å². The van der Waals surface area contributed by atoms with Crippen LogP contribution in [0.2, 0.25) is 0 Å². The van der Waals surface area contributed by atoms with Gasteiger partial charge in [-0.3, -0.25) is 4.79 Å². The second kappa shape index (κ2) is 10.5. The Hall–Kier alpha value is -2.62. The smallest absolute Gasteiger partial charge is 0.338 e. The van der Waals surface area contributed by atoms with Crippen LogP contribution in [0.3, 0.4) is 0 Å². The number of benzene rings is 2. The molecule has 4 heteroatoms. The number of anilines is 1. The van der Waals surface area contributed by atoms with Crippen molar-refractivity contribution in [3.8, 4) is 0 Å². The molecule has 0 aliphatic rings. The maximum absolute atomic E-state index is 12.3. The van der Waals surface area contributed by atoms with Gasteiger partial charge in [0.15, 0.2) is 0 Å². The Balaban J connectivity index is 1.87. The topological polar surface area (TPSA) is 55.4 Å². The van der Waals surface area contributed by atoms with Crippen LogP contribution in [0, 0.1) is 0 Å². The molecule has 4 nitrogen and oxygen atoms in total. The van der Waals surface area contributed by atoms with Crippen LogP contribution in [0.25, 0.3) is 0 Å². The van der Waals surface area contributed by atoms with Crippen LogP contribution in [0.4, 0.5) is 5.69 Å². The fraction of sp³-hybridized carbons (Fsp3) is 0.391. The average Bonchev–Trinajstić information content (AvgIpc) is 2.68. The lowest BCUT2D eigenvalue weighted by Crippen LogP contribution is -2.12. The van der Waals surface area contributed by atoms with Crippen LogP contribution in [-0.2, 0) is 4.74 Å². The van der Waals surface area contributed by atoms with E-state index in [1.807, 2.05) is 24.3 Å². The van der Waals surface area contributed by atoms with Gasteiger partial charge < -0.3 is 10.1 Å². The lowest BCUT2D eigenvalue weighted by atomic mass is 10.0. The molecule has 2 aromatic carbocycles. The van der Waals surface area contributed by atoms with Gasteiger partial charge in [0.1, 0.15) is 0 Å². The first-order chi connectivity index (χ1) is 13.0. The Bertz CT molecular complexity index is 733. The summed E-state index contributed by atoms with van der Waals surface area (Å²) < 4.78 is 5.27. The van der Waals surface area contributed by atoms with Crippen molar-refractivity contribution in [2.24, 2.45) is 0 Å². The highest BCUT2D eigenvalue weighted by Gasteiger charge is 2.09. The molecule has 0 aliphatic carbocycles. The van der Waals surface area contributed by atoms with Crippen LogP contribution in [0.1, 0.15) is 78.7 Å². The minimum Gasteiger partial charge on any atom is -0.462 e. The van der Waals surface area contributed by atoms with Crippen molar-refractivity contribution in [2.45, 2.75) is 52.4 Å². The number of carbonyl (C=O) groups excluding carboxylic acids is 2. The van der Waals surface area contributed by atoms with E-state index in [2.05, 4.69) is 26.1 Å². The summed E-state index contributed by atoms with van der Waals surface area (Å²) in [4.78, 5) is 24.3. The molecule has 2 aromatic rings. The van der Waals surface area contributed by atoms with E-state index < -0.39 is 0 Å². The van der Waals surface area contributed by atoms with E-state index in [0.717, 1.165) is 25.7 Å². The molecule has 27 heavy (non-hydrogen) atoms. The molecule has 0 spiro atoms. The molecule has 0 saturated carbocycles. The van der Waals surface area contributed by atoms with Gasteiger partial charge in [-0.2, -0.15) is 0 Å². The van der Waals surface area contributed by atoms with E-state index >= 15 is 0 Å². The molecule has 1 N–H and O–H groups in total. The van der Waals surface area contributed by atoms with Crippen LogP contribution in [-0.4, -0.2) is 18.5 Å². The first-order valence-corrected chi connectivity index (χ1v) is 9.69. The zero-order valence-corrected chi connectivity index (χ0v) is 16.5. The van der Waals surface area contributed by atoms with Crippen molar-refractivity contribution < 1.29 is 14.3 Å². The Morgan fingerprint density at radius 2 is 1.52 bits per heavy atom. The number of unbranched alkanes of at least 4 members (excludes halogenated alkanes) is 3. The molecule has 0 heterocycles. The highest BCUT2D eigenvalue weighted by molar-refractivity contribution is 6.04. The van der Waals surface area contributed by atoms with Gasteiger partial charge in [-0.05, 0) is 54.3 Å². The number of hydrogen-bond acceptors (Lipinski definition) is 3. The summed E-state index contributed by atoms with van der Waals surface area (Å²) in [5.74, 6) is -0.0636. The average molecular weight is 367 g/mol. The molecule has 0 aromatic heterocycles. The summed E-state index contributed by atoms with van der Waals surface area (Å²) in [6.45, 7) is 6.83. The van der Waals surface area contributed by atoms with Gasteiger partial charge in [0.25, 0.3) is 5.91 Å². The number of hydrogen-bond donors (Lipinski definition) is 1. The molecule has 0 unspecified atom stereocenters. The van der Waals surface area contributed by atoms with E-state index in [1.165, 1.54) is 5.56 Å². The fourth-order valence-electron chi connectivity index (χ4n) is 2.69. The monoisotopic (exact) mass is 367 g/mol. The number of carbonyl (C=O) groups is 2.